The zero-order valence-corrected chi connectivity index (χ0v) is 23.0. The van der Waals surface area contributed by atoms with Gasteiger partial charge in [0.15, 0.2) is 17.4 Å². The van der Waals surface area contributed by atoms with Crippen molar-refractivity contribution in [2.24, 2.45) is 5.92 Å². The van der Waals surface area contributed by atoms with Gasteiger partial charge in [-0.2, -0.15) is 0 Å². The van der Waals surface area contributed by atoms with Crippen LogP contribution in [0.5, 0.6) is 5.75 Å². The number of carbonyl (C=O) groups is 1. The molecule has 1 aliphatic heterocycles. The van der Waals surface area contributed by atoms with Crippen LogP contribution in [-0.4, -0.2) is 77.2 Å². The number of benzene rings is 2. The second-order valence-electron chi connectivity index (χ2n) is 10.8. The first-order valence-electron chi connectivity index (χ1n) is 13.4. The highest BCUT2D eigenvalue weighted by Gasteiger charge is 2.20. The number of hydrogen-bond donors (Lipinski definition) is 0. The third kappa shape index (κ3) is 7.27. The van der Waals surface area contributed by atoms with E-state index in [1.54, 1.807) is 11.8 Å². The molecule has 7 heteroatoms. The van der Waals surface area contributed by atoms with Crippen molar-refractivity contribution >= 4 is 5.78 Å². The van der Waals surface area contributed by atoms with Gasteiger partial charge in [0.25, 0.3) is 0 Å². The van der Waals surface area contributed by atoms with Crippen molar-refractivity contribution in [3.8, 4) is 28.5 Å². The molecule has 3 aromatic rings. The standard InChI is InChI=1S/C30H41N5O2/c1-22(2)19-27(36)21-35-30(25-7-6-8-28(20-25)37-5)31-29(32-35)24-11-9-23(10-12-24)13-16-34-17-14-26(15-18-34)33(3)4/h6-12,20,22,26H,13-19,21H2,1-5H3. The highest BCUT2D eigenvalue weighted by Crippen LogP contribution is 2.26. The molecule has 0 bridgehead atoms. The van der Waals surface area contributed by atoms with Crippen LogP contribution in [0.25, 0.3) is 22.8 Å². The number of aromatic nitrogens is 3. The Morgan fingerprint density at radius 1 is 1.08 bits per heavy atom. The summed E-state index contributed by atoms with van der Waals surface area (Å²) < 4.78 is 7.14. The minimum atomic E-state index is 0.153. The number of methoxy groups -OCH3 is 1. The fourth-order valence-corrected chi connectivity index (χ4v) is 5.00. The minimum absolute atomic E-state index is 0.153. The Morgan fingerprint density at radius 3 is 2.46 bits per heavy atom. The van der Waals surface area contributed by atoms with Crippen molar-refractivity contribution in [3.63, 3.8) is 0 Å². The Balaban J connectivity index is 1.48. The summed E-state index contributed by atoms with van der Waals surface area (Å²) in [4.78, 5) is 22.4. The second kappa shape index (κ2) is 12.5. The van der Waals surface area contributed by atoms with Gasteiger partial charge in [-0.25, -0.2) is 9.67 Å². The van der Waals surface area contributed by atoms with Crippen molar-refractivity contribution in [2.45, 2.75) is 52.1 Å². The van der Waals surface area contributed by atoms with Crippen LogP contribution in [0, 0.1) is 5.92 Å². The lowest BCUT2D eigenvalue weighted by molar-refractivity contribution is -0.120. The highest BCUT2D eigenvalue weighted by atomic mass is 16.5. The molecule has 0 saturated carbocycles. The maximum absolute atomic E-state index is 12.7. The van der Waals surface area contributed by atoms with Gasteiger partial charge in [0.1, 0.15) is 12.3 Å². The van der Waals surface area contributed by atoms with E-state index < -0.39 is 0 Å². The molecule has 1 aliphatic rings. The molecule has 7 nitrogen and oxygen atoms in total. The quantitative estimate of drug-likeness (QED) is 0.374. The molecule has 0 spiro atoms. The fourth-order valence-electron chi connectivity index (χ4n) is 5.00. The Kier molecular flexibility index (Phi) is 9.11. The first kappa shape index (κ1) is 27.0. The Bertz CT molecular complexity index is 1160. The summed E-state index contributed by atoms with van der Waals surface area (Å²) in [6.07, 6.45) is 4.05. The monoisotopic (exact) mass is 503 g/mol. The number of piperidine rings is 1. The van der Waals surface area contributed by atoms with E-state index in [0.717, 1.165) is 29.8 Å². The lowest BCUT2D eigenvalue weighted by Crippen LogP contribution is -2.42. The molecule has 4 rings (SSSR count). The van der Waals surface area contributed by atoms with Gasteiger partial charge in [0.2, 0.25) is 0 Å². The van der Waals surface area contributed by atoms with Crippen LogP contribution in [0.1, 0.15) is 38.7 Å². The third-order valence-electron chi connectivity index (χ3n) is 7.18. The summed E-state index contributed by atoms with van der Waals surface area (Å²) in [6.45, 7) is 7.75. The van der Waals surface area contributed by atoms with E-state index in [0.29, 0.717) is 30.0 Å². The molecule has 1 fully saturated rings. The van der Waals surface area contributed by atoms with Crippen molar-refractivity contribution in [3.05, 3.63) is 54.1 Å². The normalized spacial score (nSPS) is 15.0. The average molecular weight is 504 g/mol. The van der Waals surface area contributed by atoms with Gasteiger partial charge >= 0.3 is 0 Å². The highest BCUT2D eigenvalue weighted by molar-refractivity contribution is 5.79. The zero-order chi connectivity index (χ0) is 26.4. The van der Waals surface area contributed by atoms with Gasteiger partial charge in [-0.3, -0.25) is 4.79 Å². The Morgan fingerprint density at radius 2 is 1.81 bits per heavy atom. The first-order chi connectivity index (χ1) is 17.8. The van der Waals surface area contributed by atoms with E-state index in [4.69, 9.17) is 14.8 Å². The van der Waals surface area contributed by atoms with E-state index >= 15 is 0 Å². The van der Waals surface area contributed by atoms with E-state index in [1.807, 2.05) is 24.3 Å². The largest absolute Gasteiger partial charge is 0.497 e. The summed E-state index contributed by atoms with van der Waals surface area (Å²) in [6, 6.07) is 17.0. The van der Waals surface area contributed by atoms with Gasteiger partial charge in [-0.1, -0.05) is 50.2 Å². The van der Waals surface area contributed by atoms with Crippen molar-refractivity contribution < 1.29 is 9.53 Å². The number of ether oxygens (including phenoxy) is 1. The molecular weight excluding hydrogens is 462 g/mol. The topological polar surface area (TPSA) is 63.5 Å². The van der Waals surface area contributed by atoms with Gasteiger partial charge in [0, 0.05) is 30.1 Å². The molecule has 2 aromatic carbocycles. The summed E-state index contributed by atoms with van der Waals surface area (Å²) in [5, 5.41) is 4.76. The summed E-state index contributed by atoms with van der Waals surface area (Å²) >= 11 is 0. The Hall–Kier alpha value is -3.03. The number of nitrogens with zero attached hydrogens (tertiary/aromatic N) is 5. The number of carbonyl (C=O) groups excluding carboxylic acids is 1. The van der Waals surface area contributed by atoms with Crippen molar-refractivity contribution in [1.82, 2.24) is 24.6 Å². The number of Topliss-reactive ketones (excluding diaryl/α,β-unsaturated/α-hetero) is 1. The third-order valence-corrected chi connectivity index (χ3v) is 7.18. The molecule has 1 aromatic heterocycles. The molecule has 1 saturated heterocycles. The lowest BCUT2D eigenvalue weighted by atomic mass is 10.0. The average Bonchev–Trinajstić information content (AvgIpc) is 3.31. The van der Waals surface area contributed by atoms with Gasteiger partial charge in [0.05, 0.1) is 7.11 Å². The molecule has 2 heterocycles. The smallest absolute Gasteiger partial charge is 0.181 e. The maximum Gasteiger partial charge on any atom is 0.181 e. The molecule has 0 radical (unpaired) electrons. The predicted molar refractivity (Wildman–Crippen MR) is 149 cm³/mol. The van der Waals surface area contributed by atoms with Gasteiger partial charge in [-0.15, -0.1) is 5.10 Å². The van der Waals surface area contributed by atoms with E-state index in [9.17, 15) is 4.79 Å². The maximum atomic E-state index is 12.7. The number of ketones is 1. The predicted octanol–water partition coefficient (Wildman–Crippen LogP) is 4.80. The molecule has 0 atom stereocenters. The molecule has 37 heavy (non-hydrogen) atoms. The van der Waals surface area contributed by atoms with Crippen LogP contribution in [0.15, 0.2) is 48.5 Å². The molecule has 0 unspecified atom stereocenters. The van der Waals surface area contributed by atoms with Crippen LogP contribution >= 0.6 is 0 Å². The Labute approximate surface area is 221 Å². The second-order valence-corrected chi connectivity index (χ2v) is 10.8. The van der Waals surface area contributed by atoms with Crippen LogP contribution in [0.2, 0.25) is 0 Å². The van der Waals surface area contributed by atoms with Crippen LogP contribution in [0.3, 0.4) is 0 Å². The van der Waals surface area contributed by atoms with Crippen molar-refractivity contribution in [2.75, 3.05) is 40.8 Å². The zero-order valence-electron chi connectivity index (χ0n) is 23.0. The molecule has 198 valence electrons. The summed E-state index contributed by atoms with van der Waals surface area (Å²) in [5.41, 5.74) is 3.15. The minimum Gasteiger partial charge on any atom is -0.497 e. The van der Waals surface area contributed by atoms with E-state index in [2.05, 4.69) is 62.0 Å². The van der Waals surface area contributed by atoms with Crippen LogP contribution in [0.4, 0.5) is 0 Å². The van der Waals surface area contributed by atoms with Gasteiger partial charge < -0.3 is 14.5 Å². The van der Waals surface area contributed by atoms with Crippen LogP contribution < -0.4 is 4.74 Å². The van der Waals surface area contributed by atoms with Gasteiger partial charge in [-0.05, 0) is 70.1 Å². The number of likely N-dealkylation sites (tertiary alicyclic amines) is 1. The lowest BCUT2D eigenvalue weighted by Gasteiger charge is -2.35. The molecule has 0 aliphatic carbocycles. The molecule has 0 N–H and O–H groups in total. The number of hydrogen-bond acceptors (Lipinski definition) is 6. The first-order valence-corrected chi connectivity index (χ1v) is 13.4. The number of rotatable bonds is 11. The SMILES string of the molecule is COc1cccc(-c2nc(-c3ccc(CCN4CCC(N(C)C)CC4)cc3)nn2CC(=O)CC(C)C)c1. The molecule has 0 amide bonds. The fraction of sp³-hybridized carbons (Fsp3) is 0.500. The van der Waals surface area contributed by atoms with Crippen molar-refractivity contribution in [1.29, 1.82) is 0 Å². The molecular formula is C30H41N5O2. The summed E-state index contributed by atoms with van der Waals surface area (Å²) in [5.74, 6) is 2.52. The van der Waals surface area contributed by atoms with Crippen LogP contribution in [-0.2, 0) is 17.8 Å². The summed E-state index contributed by atoms with van der Waals surface area (Å²) in [7, 11) is 6.01. The van der Waals surface area contributed by atoms with E-state index in [1.165, 1.54) is 31.5 Å². The van der Waals surface area contributed by atoms with E-state index in [-0.39, 0.29) is 12.3 Å².